The number of nitrogens with zero attached hydrogens (tertiary/aromatic N) is 2. The second-order valence-electron chi connectivity index (χ2n) is 10.7. The van der Waals surface area contributed by atoms with Crippen molar-refractivity contribution in [3.63, 3.8) is 0 Å². The van der Waals surface area contributed by atoms with Gasteiger partial charge in [0.2, 0.25) is 0 Å². The fraction of sp³-hybridized carbons (Fsp3) is 0.692. The van der Waals surface area contributed by atoms with Gasteiger partial charge >= 0.3 is 25.8 Å². The molecule has 0 radical (unpaired) electrons. The van der Waals surface area contributed by atoms with Crippen LogP contribution in [-0.4, -0.2) is 49.8 Å². The molecule has 33 heavy (non-hydrogen) atoms. The summed E-state index contributed by atoms with van der Waals surface area (Å²) < 4.78 is 5.37. The van der Waals surface area contributed by atoms with Crippen LogP contribution in [0.3, 0.4) is 0 Å². The van der Waals surface area contributed by atoms with Crippen molar-refractivity contribution in [1.82, 2.24) is 9.13 Å². The third-order valence-electron chi connectivity index (χ3n) is 6.22. The number of rotatable bonds is 8. The van der Waals surface area contributed by atoms with Gasteiger partial charge in [-0.25, -0.2) is 22.5 Å². The molecule has 0 aromatic carbocycles. The van der Waals surface area contributed by atoms with E-state index in [1.165, 1.54) is 10.4 Å². The van der Waals surface area contributed by atoms with Crippen molar-refractivity contribution in [3.05, 3.63) is 46.8 Å². The summed E-state index contributed by atoms with van der Waals surface area (Å²) in [6.45, 7) is 28.1. The van der Waals surface area contributed by atoms with Crippen LogP contribution in [0.25, 0.3) is 0 Å². The molecule has 2 rings (SSSR count). The maximum absolute atomic E-state index is 3.51. The predicted molar refractivity (Wildman–Crippen MR) is 140 cm³/mol. The summed E-state index contributed by atoms with van der Waals surface area (Å²) in [6.07, 6.45) is 18.1. The Labute approximate surface area is 225 Å². The Morgan fingerprint density at radius 3 is 1.00 bits per heavy atom. The van der Waals surface area contributed by atoms with E-state index in [9.17, 15) is 0 Å². The Morgan fingerprint density at radius 2 is 0.848 bits per heavy atom. The van der Waals surface area contributed by atoms with Crippen molar-refractivity contribution < 1.29 is 35.3 Å². The first-order chi connectivity index (χ1) is 13.7. The average Bonchev–Trinajstić information content (AvgIpc) is 3.28. The molecule has 0 saturated heterocycles. The van der Waals surface area contributed by atoms with Gasteiger partial charge in [-0.05, 0) is 24.2 Å². The third kappa shape index (κ3) is 9.90. The molecule has 2 aliphatic carbocycles. The molecule has 0 aromatic heterocycles. The van der Waals surface area contributed by atoms with E-state index in [-0.39, 0.29) is 35.3 Å². The summed E-state index contributed by atoms with van der Waals surface area (Å²) in [7, 11) is -2.95. The van der Waals surface area contributed by atoms with Crippen LogP contribution < -0.4 is 9.41 Å². The molecule has 0 bridgehead atoms. The van der Waals surface area contributed by atoms with E-state index in [0.717, 1.165) is 12.8 Å². The van der Waals surface area contributed by atoms with Crippen molar-refractivity contribution in [1.29, 1.82) is 0 Å². The van der Waals surface area contributed by atoms with Crippen LogP contribution in [0.4, 0.5) is 0 Å². The summed E-state index contributed by atoms with van der Waals surface area (Å²) in [5, 5.41) is 2.95. The predicted octanol–water partition coefficient (Wildman–Crippen LogP) is 1.08. The van der Waals surface area contributed by atoms with Crippen LogP contribution in [0, 0.1) is 12.2 Å². The van der Waals surface area contributed by atoms with Crippen molar-refractivity contribution >= 4 is 16.5 Å². The Bertz CT molecular complexity index is 608. The van der Waals surface area contributed by atoms with E-state index < -0.39 is 16.5 Å². The van der Waals surface area contributed by atoms with Gasteiger partial charge in [-0.2, -0.15) is 12.2 Å². The van der Waals surface area contributed by atoms with Crippen LogP contribution in [0.5, 0.6) is 0 Å². The van der Waals surface area contributed by atoms with E-state index in [1.54, 1.807) is 0 Å². The van der Waals surface area contributed by atoms with Gasteiger partial charge in [0.1, 0.15) is 16.5 Å². The smallest absolute Gasteiger partial charge is 1.00 e. The molecule has 188 valence electrons. The average molecular weight is 661 g/mol. The SMILES string of the molecule is CC(C)N(C(C)C)[Si](C)(C)C1=[C-]CC=C1.CC(C)N(C(C)C)[Si](C)(C)C1=[C-]CC=C1.[F-].[F-].[Hf+4]. The molecule has 0 atom stereocenters. The second-order valence-corrected chi connectivity index (χ2v) is 19.0. The van der Waals surface area contributed by atoms with Crippen molar-refractivity contribution in [2.75, 3.05) is 0 Å². The van der Waals surface area contributed by atoms with E-state index in [1.807, 2.05) is 0 Å². The monoisotopic (exact) mass is 662 g/mol. The third-order valence-corrected chi connectivity index (χ3v) is 14.2. The van der Waals surface area contributed by atoms with E-state index >= 15 is 0 Å². The van der Waals surface area contributed by atoms with Crippen LogP contribution in [-0.2, 0) is 25.8 Å². The van der Waals surface area contributed by atoms with Crippen LogP contribution in [0.1, 0.15) is 68.2 Å². The summed E-state index contributed by atoms with van der Waals surface area (Å²) >= 11 is 0. The molecule has 0 amide bonds. The minimum atomic E-state index is -1.47. The molecule has 0 aromatic rings. The fourth-order valence-electron chi connectivity index (χ4n) is 5.70. The molecule has 0 N–H and O–H groups in total. The first kappa shape index (κ1) is 37.6. The Kier molecular flexibility index (Phi) is 18.1. The van der Waals surface area contributed by atoms with Gasteiger partial charge in [-0.15, -0.1) is 12.8 Å². The van der Waals surface area contributed by atoms with Crippen LogP contribution in [0.15, 0.2) is 34.7 Å². The first-order valence-corrected chi connectivity index (χ1v) is 17.8. The fourth-order valence-corrected chi connectivity index (χ4v) is 13.5. The zero-order chi connectivity index (χ0) is 23.3. The van der Waals surface area contributed by atoms with Crippen molar-refractivity contribution in [3.8, 4) is 0 Å². The van der Waals surface area contributed by atoms with Crippen LogP contribution in [0.2, 0.25) is 26.2 Å². The van der Waals surface area contributed by atoms with Gasteiger partial charge < -0.3 is 18.5 Å². The summed E-state index contributed by atoms with van der Waals surface area (Å²) in [4.78, 5) is 0. The first-order valence-electron chi connectivity index (χ1n) is 11.9. The minimum Gasteiger partial charge on any atom is -1.00 e. The van der Waals surface area contributed by atoms with Gasteiger partial charge in [-0.1, -0.05) is 81.6 Å². The molecule has 2 nitrogen and oxygen atoms in total. The quantitative estimate of drug-likeness (QED) is 0.284. The minimum absolute atomic E-state index is 0. The largest absolute Gasteiger partial charge is 4.00 e. The van der Waals surface area contributed by atoms with Gasteiger partial charge in [0.25, 0.3) is 0 Å². The van der Waals surface area contributed by atoms with E-state index in [0.29, 0.717) is 24.2 Å². The van der Waals surface area contributed by atoms with Gasteiger partial charge in [0, 0.05) is 0 Å². The Balaban J connectivity index is -0.000000500. The van der Waals surface area contributed by atoms with E-state index in [2.05, 4.69) is 127 Å². The van der Waals surface area contributed by atoms with Gasteiger partial charge in [0.05, 0.1) is 0 Å². The van der Waals surface area contributed by atoms with Crippen LogP contribution >= 0.6 is 0 Å². The molecular weight excluding hydrogens is 613 g/mol. The number of halogens is 2. The van der Waals surface area contributed by atoms with E-state index in [4.69, 9.17) is 0 Å². The number of hydrogen-bond acceptors (Lipinski definition) is 2. The molecule has 0 fully saturated rings. The molecule has 7 heteroatoms. The number of allylic oxidation sites excluding steroid dienone is 8. The van der Waals surface area contributed by atoms with Crippen molar-refractivity contribution in [2.45, 2.75) is 119 Å². The molecule has 0 unspecified atom stereocenters. The topological polar surface area (TPSA) is 6.48 Å². The molecule has 0 aliphatic heterocycles. The zero-order valence-electron chi connectivity index (χ0n) is 23.2. The molecule has 2 aliphatic rings. The maximum atomic E-state index is 3.51. The Hall–Kier alpha value is 0.0439. The maximum Gasteiger partial charge on any atom is 4.00 e. The van der Waals surface area contributed by atoms with Crippen molar-refractivity contribution in [2.24, 2.45) is 0 Å². The second kappa shape index (κ2) is 15.9. The normalized spacial score (nSPS) is 15.5. The molecular formula is C26H48F2HfN2Si2. The molecule has 0 saturated carbocycles. The summed E-state index contributed by atoms with van der Waals surface area (Å²) in [6, 6.07) is 2.48. The molecule has 0 spiro atoms. The number of hydrogen-bond donors (Lipinski definition) is 0. The zero-order valence-corrected chi connectivity index (χ0v) is 28.8. The summed E-state index contributed by atoms with van der Waals surface area (Å²) in [5.41, 5.74) is 0. The van der Waals surface area contributed by atoms with Gasteiger partial charge in [0.15, 0.2) is 0 Å². The van der Waals surface area contributed by atoms with Gasteiger partial charge in [-0.3, -0.25) is 12.2 Å². The summed E-state index contributed by atoms with van der Waals surface area (Å²) in [5.74, 6) is 0. The Morgan fingerprint density at radius 1 is 0.606 bits per heavy atom. The standard InChI is InChI=1S/2C13H24NSi.2FH.Hf/c2*1-11(2)14(12(3)4)15(5,6)13-9-7-8-10-13;;;/h2*7,9,11-12H,8H2,1-6H3;2*1H;/q2*-1;;;+4/p-2. The molecule has 0 heterocycles.